The number of aromatic hydroxyl groups is 1. The number of fused-ring (bicyclic) bond motifs is 1. The van der Waals surface area contributed by atoms with Crippen molar-refractivity contribution in [1.29, 1.82) is 5.41 Å². The molecule has 0 spiro atoms. The van der Waals surface area contributed by atoms with E-state index in [1.54, 1.807) is 6.92 Å². The summed E-state index contributed by atoms with van der Waals surface area (Å²) < 4.78 is 43.2. The van der Waals surface area contributed by atoms with Crippen LogP contribution in [-0.4, -0.2) is 26.4 Å². The Kier molecular flexibility index (Phi) is 5.61. The van der Waals surface area contributed by atoms with E-state index in [0.717, 1.165) is 30.3 Å². The molecule has 0 fully saturated rings. The highest BCUT2D eigenvalue weighted by Crippen LogP contribution is 2.36. The number of halogens is 3. The van der Waals surface area contributed by atoms with Gasteiger partial charge in [0.2, 0.25) is 0 Å². The standard InChI is InChI=1S/C23H22F3N5O2/c1-12(15-9-13(21(27)28)6-8-20(15)32)30-22(33)14-5-7-18(16(10-14)23(24,25)26)31-11-29-17-3-2-4-19(17)31/h5-12,32H,2-4H2,1H3,(H3,27,28)(H,30,33). The number of amidine groups is 1. The first-order valence-electron chi connectivity index (χ1n) is 10.3. The van der Waals surface area contributed by atoms with E-state index in [2.05, 4.69) is 10.3 Å². The quantitative estimate of drug-likeness (QED) is 0.344. The Balaban J connectivity index is 1.65. The Morgan fingerprint density at radius 3 is 2.64 bits per heavy atom. The highest BCUT2D eigenvalue weighted by molar-refractivity contribution is 5.96. The van der Waals surface area contributed by atoms with Crippen LogP contribution < -0.4 is 11.1 Å². The summed E-state index contributed by atoms with van der Waals surface area (Å²) in [7, 11) is 0. The van der Waals surface area contributed by atoms with E-state index in [1.807, 2.05) is 0 Å². The molecule has 0 saturated carbocycles. The molecule has 7 nitrogen and oxygen atoms in total. The third-order valence-electron chi connectivity index (χ3n) is 5.76. The number of hydrogen-bond acceptors (Lipinski definition) is 4. The molecule has 1 aromatic heterocycles. The topological polar surface area (TPSA) is 117 Å². The van der Waals surface area contributed by atoms with Crippen molar-refractivity contribution in [3.63, 3.8) is 0 Å². The highest BCUT2D eigenvalue weighted by Gasteiger charge is 2.36. The van der Waals surface area contributed by atoms with E-state index in [0.29, 0.717) is 12.0 Å². The molecule has 5 N–H and O–H groups in total. The van der Waals surface area contributed by atoms with Crippen molar-refractivity contribution >= 4 is 11.7 Å². The molecule has 33 heavy (non-hydrogen) atoms. The third kappa shape index (κ3) is 4.28. The summed E-state index contributed by atoms with van der Waals surface area (Å²) in [6.07, 6.45) is -1.06. The fourth-order valence-electron chi connectivity index (χ4n) is 4.06. The van der Waals surface area contributed by atoms with Gasteiger partial charge in [-0.2, -0.15) is 13.2 Å². The van der Waals surface area contributed by atoms with Crippen LogP contribution >= 0.6 is 0 Å². The van der Waals surface area contributed by atoms with Crippen molar-refractivity contribution in [3.05, 3.63) is 76.4 Å². The maximum atomic E-state index is 13.9. The Morgan fingerprint density at radius 1 is 1.21 bits per heavy atom. The van der Waals surface area contributed by atoms with Crippen LogP contribution in [0.25, 0.3) is 5.69 Å². The third-order valence-corrected chi connectivity index (χ3v) is 5.76. The molecule has 1 aliphatic rings. The van der Waals surface area contributed by atoms with Gasteiger partial charge in [0.05, 0.1) is 29.3 Å². The number of nitrogens with two attached hydrogens (primary N) is 1. The summed E-state index contributed by atoms with van der Waals surface area (Å²) in [4.78, 5) is 17.0. The molecule has 2 aromatic carbocycles. The minimum absolute atomic E-state index is 0.0745. The van der Waals surface area contributed by atoms with Crippen molar-refractivity contribution in [1.82, 2.24) is 14.9 Å². The second kappa shape index (κ2) is 8.27. The number of phenols is 1. The molecule has 1 aliphatic carbocycles. The zero-order valence-corrected chi connectivity index (χ0v) is 17.7. The van der Waals surface area contributed by atoms with Crippen LogP contribution in [0.3, 0.4) is 0 Å². The average molecular weight is 457 g/mol. The first-order chi connectivity index (χ1) is 15.6. The fourth-order valence-corrected chi connectivity index (χ4v) is 4.06. The second-order valence-electron chi connectivity index (χ2n) is 7.97. The first-order valence-corrected chi connectivity index (χ1v) is 10.3. The number of carbonyl (C=O) groups excluding carboxylic acids is 1. The molecule has 0 saturated heterocycles. The second-order valence-corrected chi connectivity index (χ2v) is 7.97. The molecule has 10 heteroatoms. The lowest BCUT2D eigenvalue weighted by atomic mass is 10.0. The highest BCUT2D eigenvalue weighted by atomic mass is 19.4. The van der Waals surface area contributed by atoms with E-state index < -0.39 is 23.7 Å². The van der Waals surface area contributed by atoms with Crippen molar-refractivity contribution in [3.8, 4) is 11.4 Å². The number of alkyl halides is 3. The lowest BCUT2D eigenvalue weighted by molar-refractivity contribution is -0.137. The van der Waals surface area contributed by atoms with Crippen LogP contribution in [0.15, 0.2) is 42.7 Å². The monoisotopic (exact) mass is 457 g/mol. The number of nitrogens with one attached hydrogen (secondary N) is 2. The number of hydrogen-bond donors (Lipinski definition) is 4. The largest absolute Gasteiger partial charge is 0.508 e. The fraction of sp³-hybridized carbons (Fsp3) is 0.261. The van der Waals surface area contributed by atoms with Gasteiger partial charge < -0.3 is 20.7 Å². The molecule has 3 aromatic rings. The van der Waals surface area contributed by atoms with Crippen LogP contribution in [-0.2, 0) is 19.0 Å². The van der Waals surface area contributed by atoms with Gasteiger partial charge in [0, 0.05) is 22.4 Å². The van der Waals surface area contributed by atoms with Gasteiger partial charge in [-0.25, -0.2) is 4.98 Å². The number of nitrogen functional groups attached to an aromatic ring is 1. The number of aryl methyl sites for hydroxylation is 1. The first kappa shape index (κ1) is 22.4. The molecule has 1 heterocycles. The number of nitrogens with zero attached hydrogens (tertiary/aromatic N) is 2. The Hall–Kier alpha value is -3.82. The van der Waals surface area contributed by atoms with Gasteiger partial charge in [-0.15, -0.1) is 0 Å². The zero-order chi connectivity index (χ0) is 23.9. The van der Waals surface area contributed by atoms with Gasteiger partial charge in [-0.1, -0.05) is 0 Å². The maximum Gasteiger partial charge on any atom is 0.418 e. The van der Waals surface area contributed by atoms with Gasteiger partial charge in [-0.3, -0.25) is 10.2 Å². The van der Waals surface area contributed by atoms with E-state index in [1.165, 1.54) is 41.2 Å². The van der Waals surface area contributed by atoms with Crippen LogP contribution in [0.5, 0.6) is 5.75 Å². The molecule has 1 unspecified atom stereocenters. The summed E-state index contributed by atoms with van der Waals surface area (Å²) in [5.41, 5.74) is 6.49. The van der Waals surface area contributed by atoms with Crippen LogP contribution in [0.4, 0.5) is 13.2 Å². The number of imidazole rings is 1. The SMILES string of the molecule is CC(NC(=O)c1ccc(-n2cnc3c2CCC3)c(C(F)(F)F)c1)c1cc(C(=N)N)ccc1O. The normalized spacial score (nSPS) is 14.1. The van der Waals surface area contributed by atoms with E-state index in [4.69, 9.17) is 11.1 Å². The van der Waals surface area contributed by atoms with E-state index >= 15 is 0 Å². The number of benzene rings is 2. The smallest absolute Gasteiger partial charge is 0.418 e. The van der Waals surface area contributed by atoms with Gasteiger partial charge >= 0.3 is 6.18 Å². The molecule has 4 rings (SSSR count). The summed E-state index contributed by atoms with van der Waals surface area (Å²) in [5, 5.41) is 20.2. The summed E-state index contributed by atoms with van der Waals surface area (Å²) in [6.45, 7) is 1.57. The number of phenolic OH excluding ortho intramolecular Hbond substituents is 1. The number of carbonyl (C=O) groups is 1. The molecule has 172 valence electrons. The van der Waals surface area contributed by atoms with Crippen LogP contribution in [0, 0.1) is 5.41 Å². The van der Waals surface area contributed by atoms with Crippen molar-refractivity contribution in [2.75, 3.05) is 0 Å². The van der Waals surface area contributed by atoms with E-state index in [9.17, 15) is 23.1 Å². The van der Waals surface area contributed by atoms with E-state index in [-0.39, 0.29) is 28.4 Å². The van der Waals surface area contributed by atoms with Gasteiger partial charge in [0.25, 0.3) is 5.91 Å². The summed E-state index contributed by atoms with van der Waals surface area (Å²) >= 11 is 0. The van der Waals surface area contributed by atoms with Crippen molar-refractivity contribution < 1.29 is 23.1 Å². The van der Waals surface area contributed by atoms with Crippen LogP contribution in [0.2, 0.25) is 0 Å². The maximum absolute atomic E-state index is 13.9. The summed E-state index contributed by atoms with van der Waals surface area (Å²) in [6, 6.07) is 6.93. The summed E-state index contributed by atoms with van der Waals surface area (Å²) in [5.74, 6) is -1.08. The molecule has 1 amide bonds. The average Bonchev–Trinajstić information content (AvgIpc) is 3.36. The predicted octanol–water partition coefficient (Wildman–Crippen LogP) is 3.86. The van der Waals surface area contributed by atoms with Gasteiger partial charge in [0.1, 0.15) is 11.6 Å². The molecular weight excluding hydrogens is 435 g/mol. The minimum atomic E-state index is -4.68. The van der Waals surface area contributed by atoms with Gasteiger partial charge in [0.15, 0.2) is 0 Å². The Bertz CT molecular complexity index is 1250. The number of aromatic nitrogens is 2. The van der Waals surface area contributed by atoms with Crippen molar-refractivity contribution in [2.24, 2.45) is 5.73 Å². The number of rotatable bonds is 5. The molecule has 0 bridgehead atoms. The molecular formula is C23H22F3N5O2. The lowest BCUT2D eigenvalue weighted by Crippen LogP contribution is -2.27. The predicted molar refractivity (Wildman–Crippen MR) is 116 cm³/mol. The Labute approximate surface area is 187 Å². The molecule has 1 atom stereocenters. The van der Waals surface area contributed by atoms with Gasteiger partial charge in [-0.05, 0) is 62.6 Å². The van der Waals surface area contributed by atoms with Crippen LogP contribution in [0.1, 0.15) is 57.8 Å². The molecule has 0 radical (unpaired) electrons. The lowest BCUT2D eigenvalue weighted by Gasteiger charge is -2.19. The molecule has 0 aliphatic heterocycles. The van der Waals surface area contributed by atoms with Crippen molar-refractivity contribution in [2.45, 2.75) is 38.4 Å². The Morgan fingerprint density at radius 2 is 1.94 bits per heavy atom. The minimum Gasteiger partial charge on any atom is -0.508 e. The number of amides is 1. The zero-order valence-electron chi connectivity index (χ0n) is 17.7.